The van der Waals surface area contributed by atoms with E-state index < -0.39 is 11.7 Å². The van der Waals surface area contributed by atoms with E-state index in [1.807, 2.05) is 13.0 Å². The Bertz CT molecular complexity index is 1130. The fourth-order valence-electron chi connectivity index (χ4n) is 2.86. The lowest BCUT2D eigenvalue weighted by atomic mass is 10.0. The molecule has 29 heavy (non-hydrogen) atoms. The number of aromatic nitrogens is 4. The number of fused-ring (bicyclic) bond motifs is 1. The van der Waals surface area contributed by atoms with E-state index in [1.54, 1.807) is 29.7 Å². The first-order valence-electron chi connectivity index (χ1n) is 8.74. The van der Waals surface area contributed by atoms with Crippen LogP contribution < -0.4 is 4.74 Å². The molecule has 0 radical (unpaired) electrons. The van der Waals surface area contributed by atoms with Crippen LogP contribution in [0.25, 0.3) is 10.3 Å². The van der Waals surface area contributed by atoms with Crippen molar-refractivity contribution in [3.63, 3.8) is 0 Å². The van der Waals surface area contributed by atoms with Crippen molar-refractivity contribution in [2.75, 3.05) is 0 Å². The molecule has 0 N–H and O–H groups in total. The third kappa shape index (κ3) is 4.51. The summed E-state index contributed by atoms with van der Waals surface area (Å²) in [7, 11) is 0. The van der Waals surface area contributed by atoms with Crippen LogP contribution in [0.4, 0.5) is 13.2 Å². The Kier molecular flexibility index (Phi) is 5.14. The molecule has 0 saturated carbocycles. The van der Waals surface area contributed by atoms with Crippen molar-refractivity contribution in [2.45, 2.75) is 25.9 Å². The summed E-state index contributed by atoms with van der Waals surface area (Å²) in [5.74, 6) is 0.343. The van der Waals surface area contributed by atoms with Crippen LogP contribution in [0.15, 0.2) is 49.1 Å². The van der Waals surface area contributed by atoms with Gasteiger partial charge in [-0.05, 0) is 42.7 Å². The summed E-state index contributed by atoms with van der Waals surface area (Å²) in [4.78, 5) is 17.4. The minimum atomic E-state index is -4.44. The molecule has 0 unspecified atom stereocenters. The van der Waals surface area contributed by atoms with Crippen LogP contribution in [0, 0.1) is 6.92 Å². The molecule has 3 aromatic heterocycles. The van der Waals surface area contributed by atoms with E-state index in [4.69, 9.17) is 4.74 Å². The van der Waals surface area contributed by atoms with Crippen LogP contribution in [-0.4, -0.2) is 19.9 Å². The highest BCUT2D eigenvalue weighted by Crippen LogP contribution is 2.32. The number of benzene rings is 1. The van der Waals surface area contributed by atoms with Gasteiger partial charge < -0.3 is 4.74 Å². The summed E-state index contributed by atoms with van der Waals surface area (Å²) < 4.78 is 44.0. The van der Waals surface area contributed by atoms with E-state index in [1.165, 1.54) is 6.33 Å². The molecule has 0 saturated heterocycles. The molecule has 4 rings (SSSR count). The van der Waals surface area contributed by atoms with Crippen molar-refractivity contribution < 1.29 is 17.9 Å². The Hall–Kier alpha value is -3.07. The molecule has 0 aliphatic rings. The molecule has 0 amide bonds. The van der Waals surface area contributed by atoms with Gasteiger partial charge in [-0.2, -0.15) is 13.2 Å². The molecule has 0 aliphatic heterocycles. The molecule has 0 aliphatic carbocycles. The average molecular weight is 416 g/mol. The van der Waals surface area contributed by atoms with Crippen molar-refractivity contribution in [1.29, 1.82) is 0 Å². The van der Waals surface area contributed by atoms with Crippen molar-refractivity contribution in [1.82, 2.24) is 19.9 Å². The van der Waals surface area contributed by atoms with E-state index in [-0.39, 0.29) is 5.88 Å². The second-order valence-electron chi connectivity index (χ2n) is 6.39. The molecule has 3 heterocycles. The van der Waals surface area contributed by atoms with Gasteiger partial charge in [-0.15, -0.1) is 0 Å². The molecule has 0 fully saturated rings. The molecular formula is C20H15F3N4OS. The number of ether oxygens (including phenoxy) is 1. The van der Waals surface area contributed by atoms with E-state index >= 15 is 0 Å². The number of aryl methyl sites for hydroxylation is 3. The summed E-state index contributed by atoms with van der Waals surface area (Å²) in [5, 5.41) is 0.980. The van der Waals surface area contributed by atoms with E-state index in [0.717, 1.165) is 57.7 Å². The summed E-state index contributed by atoms with van der Waals surface area (Å²) in [6, 6.07) is 7.23. The predicted molar refractivity (Wildman–Crippen MR) is 103 cm³/mol. The Labute approximate surface area is 168 Å². The topological polar surface area (TPSA) is 60.8 Å². The third-order valence-corrected chi connectivity index (χ3v) is 5.36. The average Bonchev–Trinajstić information content (AvgIpc) is 3.10. The lowest BCUT2D eigenvalue weighted by Crippen LogP contribution is -2.05. The standard InChI is InChI=1S/C20H15F3N4OS/c1-12-8-15(28-17-9-14(6-7-25-17)20(21,22)23)4-2-13(12)3-5-18-27-16-10-24-11-26-19(16)29-18/h2,4,6-11H,3,5H2,1H3. The van der Waals surface area contributed by atoms with Gasteiger partial charge in [-0.3, -0.25) is 0 Å². The lowest BCUT2D eigenvalue weighted by Gasteiger charge is -2.11. The molecule has 9 heteroatoms. The van der Waals surface area contributed by atoms with E-state index in [9.17, 15) is 13.2 Å². The van der Waals surface area contributed by atoms with Crippen molar-refractivity contribution in [3.8, 4) is 11.6 Å². The first kappa shape index (κ1) is 19.3. The van der Waals surface area contributed by atoms with Gasteiger partial charge in [-0.1, -0.05) is 17.4 Å². The molecule has 5 nitrogen and oxygen atoms in total. The largest absolute Gasteiger partial charge is 0.439 e. The summed E-state index contributed by atoms with van der Waals surface area (Å²) in [6.07, 6.45) is 1.39. The minimum absolute atomic E-state index is 0.0949. The monoisotopic (exact) mass is 416 g/mol. The van der Waals surface area contributed by atoms with E-state index in [0.29, 0.717) is 5.75 Å². The summed E-state index contributed by atoms with van der Waals surface area (Å²) in [6.45, 7) is 1.94. The summed E-state index contributed by atoms with van der Waals surface area (Å²) >= 11 is 1.54. The Morgan fingerprint density at radius 1 is 1.07 bits per heavy atom. The fraction of sp³-hybridized carbons (Fsp3) is 0.200. The maximum Gasteiger partial charge on any atom is 0.416 e. The second kappa shape index (κ2) is 7.75. The third-order valence-electron chi connectivity index (χ3n) is 4.32. The van der Waals surface area contributed by atoms with Gasteiger partial charge in [0, 0.05) is 18.7 Å². The maximum atomic E-state index is 12.8. The Balaban J connectivity index is 1.45. The molecule has 0 atom stereocenters. The molecule has 0 spiro atoms. The first-order valence-corrected chi connectivity index (χ1v) is 9.56. The van der Waals surface area contributed by atoms with Crippen molar-refractivity contribution in [3.05, 3.63) is 70.8 Å². The second-order valence-corrected chi connectivity index (χ2v) is 7.45. The van der Waals surface area contributed by atoms with Gasteiger partial charge in [0.1, 0.15) is 22.4 Å². The first-order chi connectivity index (χ1) is 13.9. The van der Waals surface area contributed by atoms with Gasteiger partial charge >= 0.3 is 6.18 Å². The van der Waals surface area contributed by atoms with Crippen LogP contribution >= 0.6 is 11.3 Å². The van der Waals surface area contributed by atoms with Gasteiger partial charge in [0.05, 0.1) is 16.8 Å². The zero-order chi connectivity index (χ0) is 20.4. The van der Waals surface area contributed by atoms with Gasteiger partial charge in [-0.25, -0.2) is 19.9 Å². The highest BCUT2D eigenvalue weighted by atomic mass is 32.1. The number of hydrogen-bond donors (Lipinski definition) is 0. The fourth-order valence-corrected chi connectivity index (χ4v) is 3.73. The molecule has 0 bridgehead atoms. The van der Waals surface area contributed by atoms with Crippen LogP contribution in [0.3, 0.4) is 0 Å². The Morgan fingerprint density at radius 3 is 2.69 bits per heavy atom. The number of thiazole rings is 1. The van der Waals surface area contributed by atoms with Gasteiger partial charge in [0.25, 0.3) is 0 Å². The number of rotatable bonds is 5. The van der Waals surface area contributed by atoms with E-state index in [2.05, 4.69) is 19.9 Å². The number of nitrogens with zero attached hydrogens (tertiary/aromatic N) is 4. The molecular weight excluding hydrogens is 401 g/mol. The predicted octanol–water partition coefficient (Wildman–Crippen LogP) is 5.39. The highest BCUT2D eigenvalue weighted by molar-refractivity contribution is 7.18. The zero-order valence-electron chi connectivity index (χ0n) is 15.3. The lowest BCUT2D eigenvalue weighted by molar-refractivity contribution is -0.137. The Morgan fingerprint density at radius 2 is 1.93 bits per heavy atom. The summed E-state index contributed by atoms with van der Waals surface area (Å²) in [5.41, 5.74) is 2.09. The normalized spacial score (nSPS) is 11.7. The number of pyridine rings is 1. The minimum Gasteiger partial charge on any atom is -0.439 e. The van der Waals surface area contributed by atoms with Crippen molar-refractivity contribution in [2.24, 2.45) is 0 Å². The van der Waals surface area contributed by atoms with Crippen LogP contribution in [0.1, 0.15) is 21.7 Å². The number of hydrogen-bond acceptors (Lipinski definition) is 6. The van der Waals surface area contributed by atoms with Crippen LogP contribution in [0.2, 0.25) is 0 Å². The van der Waals surface area contributed by atoms with Crippen LogP contribution in [-0.2, 0) is 19.0 Å². The smallest absolute Gasteiger partial charge is 0.416 e. The molecule has 4 aromatic rings. The molecule has 148 valence electrons. The maximum absolute atomic E-state index is 12.8. The van der Waals surface area contributed by atoms with Gasteiger partial charge in [0.2, 0.25) is 5.88 Å². The quantitative estimate of drug-likeness (QED) is 0.437. The zero-order valence-corrected chi connectivity index (χ0v) is 16.1. The number of halogens is 3. The van der Waals surface area contributed by atoms with Crippen LogP contribution in [0.5, 0.6) is 11.6 Å². The van der Waals surface area contributed by atoms with Gasteiger partial charge in [0.15, 0.2) is 0 Å². The number of alkyl halides is 3. The molecule has 1 aromatic carbocycles. The SMILES string of the molecule is Cc1cc(Oc2cc(C(F)(F)F)ccn2)ccc1CCc1nc2cncnc2s1. The highest BCUT2D eigenvalue weighted by Gasteiger charge is 2.31. The van der Waals surface area contributed by atoms with Crippen molar-refractivity contribution >= 4 is 21.7 Å².